The molecule has 0 amide bonds. The van der Waals surface area contributed by atoms with E-state index in [0.29, 0.717) is 28.5 Å². The molecule has 5 rings (SSSR count). The van der Waals surface area contributed by atoms with Crippen molar-refractivity contribution in [2.45, 2.75) is 19.8 Å². The minimum absolute atomic E-state index is 0.207. The number of benzene rings is 2. The number of para-hydroxylation sites is 2. The number of hydrogen-bond acceptors (Lipinski definition) is 6. The molecule has 0 saturated heterocycles. The second-order valence-electron chi connectivity index (χ2n) is 7.30. The number of fused-ring (bicyclic) bond motifs is 3. The first-order valence-corrected chi connectivity index (χ1v) is 10.2. The van der Waals surface area contributed by atoms with Crippen molar-refractivity contribution in [3.63, 3.8) is 0 Å². The van der Waals surface area contributed by atoms with Gasteiger partial charge >= 0.3 is 0 Å². The van der Waals surface area contributed by atoms with Crippen LogP contribution in [0, 0.1) is 0 Å². The molecule has 0 aliphatic carbocycles. The third-order valence-electron chi connectivity index (χ3n) is 5.21. The molecule has 0 unspecified atom stereocenters. The highest BCUT2D eigenvalue weighted by Gasteiger charge is 2.32. The Balaban J connectivity index is 1.72. The summed E-state index contributed by atoms with van der Waals surface area (Å²) in [5.41, 5.74) is 1.07. The molecule has 2 aromatic carbocycles. The van der Waals surface area contributed by atoms with Gasteiger partial charge in [-0.05, 0) is 36.8 Å². The van der Waals surface area contributed by atoms with Crippen LogP contribution in [0.2, 0.25) is 0 Å². The fourth-order valence-electron chi connectivity index (χ4n) is 3.60. The molecular formula is C25H19NO5. The SMILES string of the molecule is CCCCN=C1O/C(=C\c2coc3ccccc3c2=O)c2c1oc1ccccc1c2=O. The molecule has 154 valence electrons. The van der Waals surface area contributed by atoms with Gasteiger partial charge in [-0.1, -0.05) is 37.6 Å². The van der Waals surface area contributed by atoms with E-state index in [2.05, 4.69) is 11.9 Å². The first-order valence-electron chi connectivity index (χ1n) is 10.2. The van der Waals surface area contributed by atoms with Crippen LogP contribution in [0.25, 0.3) is 33.8 Å². The van der Waals surface area contributed by atoms with Crippen LogP contribution < -0.4 is 10.9 Å². The number of rotatable bonds is 4. The number of unbranched alkanes of at least 4 members (excludes halogenated alkanes) is 1. The van der Waals surface area contributed by atoms with E-state index in [1.54, 1.807) is 48.5 Å². The minimum Gasteiger partial charge on any atom is -0.463 e. The van der Waals surface area contributed by atoms with Crippen molar-refractivity contribution in [2.24, 2.45) is 4.99 Å². The van der Waals surface area contributed by atoms with E-state index in [4.69, 9.17) is 13.6 Å². The number of nitrogens with zero attached hydrogens (tertiary/aromatic N) is 1. The molecule has 0 atom stereocenters. The normalized spacial score (nSPS) is 15.6. The van der Waals surface area contributed by atoms with Gasteiger partial charge in [0.1, 0.15) is 28.8 Å². The van der Waals surface area contributed by atoms with Crippen LogP contribution in [0.5, 0.6) is 0 Å². The summed E-state index contributed by atoms with van der Waals surface area (Å²) < 4.78 is 17.5. The Morgan fingerprint density at radius 2 is 1.65 bits per heavy atom. The minimum atomic E-state index is -0.228. The largest absolute Gasteiger partial charge is 0.463 e. The van der Waals surface area contributed by atoms with E-state index in [0.717, 1.165) is 12.8 Å². The van der Waals surface area contributed by atoms with Crippen LogP contribution in [0.3, 0.4) is 0 Å². The maximum absolute atomic E-state index is 13.3. The molecule has 2 aromatic heterocycles. The third kappa shape index (κ3) is 3.26. The second kappa shape index (κ2) is 7.72. The highest BCUT2D eigenvalue weighted by molar-refractivity contribution is 6.08. The van der Waals surface area contributed by atoms with Crippen LogP contribution in [-0.2, 0) is 4.74 Å². The fourth-order valence-corrected chi connectivity index (χ4v) is 3.60. The molecule has 0 fully saturated rings. The van der Waals surface area contributed by atoms with Gasteiger partial charge in [-0.25, -0.2) is 4.99 Å². The molecule has 6 heteroatoms. The van der Waals surface area contributed by atoms with Gasteiger partial charge in [0.25, 0.3) is 5.90 Å². The lowest BCUT2D eigenvalue weighted by molar-refractivity contribution is 0.505. The standard InChI is InChI=1S/C25H19NO5/c1-2-3-12-26-25-24-21(23(28)17-9-5-7-11-19(17)30-24)20(31-25)13-15-14-29-18-10-6-4-8-16(18)22(15)27/h4-11,13-14H,2-3,12H2,1H3/b20-13-,26-25?. The van der Waals surface area contributed by atoms with Gasteiger partial charge in [-0.15, -0.1) is 0 Å². The van der Waals surface area contributed by atoms with Crippen molar-refractivity contribution in [3.05, 3.63) is 92.1 Å². The Labute approximate surface area is 177 Å². The average molecular weight is 413 g/mol. The lowest BCUT2D eigenvalue weighted by Gasteiger charge is -2.01. The van der Waals surface area contributed by atoms with Gasteiger partial charge in [-0.3, -0.25) is 9.59 Å². The Hall–Kier alpha value is -3.93. The molecule has 3 heterocycles. The van der Waals surface area contributed by atoms with E-state index in [9.17, 15) is 9.59 Å². The van der Waals surface area contributed by atoms with Crippen LogP contribution >= 0.6 is 0 Å². The Kier molecular flexibility index (Phi) is 4.75. The van der Waals surface area contributed by atoms with Crippen molar-refractivity contribution >= 4 is 39.7 Å². The lowest BCUT2D eigenvalue weighted by Crippen LogP contribution is -2.10. The predicted molar refractivity (Wildman–Crippen MR) is 120 cm³/mol. The maximum Gasteiger partial charge on any atom is 0.259 e. The highest BCUT2D eigenvalue weighted by Crippen LogP contribution is 2.32. The number of aliphatic imine (C=N–C) groups is 1. The summed E-state index contributed by atoms with van der Waals surface area (Å²) in [5, 5.41) is 0.897. The van der Waals surface area contributed by atoms with Crippen LogP contribution in [0.1, 0.15) is 36.7 Å². The molecule has 0 N–H and O–H groups in total. The van der Waals surface area contributed by atoms with Crippen molar-refractivity contribution in [1.29, 1.82) is 0 Å². The van der Waals surface area contributed by atoms with Crippen molar-refractivity contribution < 1.29 is 13.6 Å². The predicted octanol–water partition coefficient (Wildman–Crippen LogP) is 4.97. The maximum atomic E-state index is 13.3. The Bertz CT molecular complexity index is 1490. The molecule has 1 aliphatic rings. The van der Waals surface area contributed by atoms with Gasteiger partial charge in [0.05, 0.1) is 16.3 Å². The first kappa shape index (κ1) is 19.1. The highest BCUT2D eigenvalue weighted by atomic mass is 16.5. The summed E-state index contributed by atoms with van der Waals surface area (Å²) in [5.74, 6) is 0.770. The molecule has 0 spiro atoms. The topological polar surface area (TPSA) is 82.0 Å². The van der Waals surface area contributed by atoms with E-state index in [1.165, 1.54) is 12.3 Å². The van der Waals surface area contributed by atoms with Crippen LogP contribution in [-0.4, -0.2) is 12.4 Å². The monoisotopic (exact) mass is 413 g/mol. The van der Waals surface area contributed by atoms with Crippen molar-refractivity contribution in [1.82, 2.24) is 0 Å². The Morgan fingerprint density at radius 3 is 2.42 bits per heavy atom. The molecule has 1 aliphatic heterocycles. The smallest absolute Gasteiger partial charge is 0.259 e. The Morgan fingerprint density at radius 1 is 0.935 bits per heavy atom. The van der Waals surface area contributed by atoms with Gasteiger partial charge in [-0.2, -0.15) is 0 Å². The summed E-state index contributed by atoms with van der Waals surface area (Å²) >= 11 is 0. The molecular weight excluding hydrogens is 394 g/mol. The van der Waals surface area contributed by atoms with E-state index >= 15 is 0 Å². The summed E-state index contributed by atoms with van der Waals surface area (Å²) in [4.78, 5) is 30.7. The summed E-state index contributed by atoms with van der Waals surface area (Å²) in [6, 6.07) is 14.0. The van der Waals surface area contributed by atoms with Crippen molar-refractivity contribution in [2.75, 3.05) is 6.54 Å². The quantitative estimate of drug-likeness (QED) is 0.441. The van der Waals surface area contributed by atoms with Crippen LogP contribution in [0.4, 0.5) is 0 Å². The zero-order valence-corrected chi connectivity index (χ0v) is 16.9. The van der Waals surface area contributed by atoms with Crippen molar-refractivity contribution in [3.8, 4) is 0 Å². The fraction of sp³-hybridized carbons (Fsp3) is 0.160. The second-order valence-corrected chi connectivity index (χ2v) is 7.30. The summed E-state index contributed by atoms with van der Waals surface area (Å²) in [6.07, 6.45) is 4.75. The van der Waals surface area contributed by atoms with Gasteiger partial charge in [0, 0.05) is 6.54 Å². The lowest BCUT2D eigenvalue weighted by atomic mass is 10.1. The molecule has 0 radical (unpaired) electrons. The number of ether oxygens (including phenoxy) is 1. The summed E-state index contributed by atoms with van der Waals surface area (Å²) in [6.45, 7) is 2.62. The van der Waals surface area contributed by atoms with Crippen LogP contribution in [0.15, 0.2) is 78.2 Å². The van der Waals surface area contributed by atoms with E-state index in [1.807, 2.05) is 0 Å². The van der Waals surface area contributed by atoms with E-state index < -0.39 is 0 Å². The molecule has 0 bridgehead atoms. The average Bonchev–Trinajstić information content (AvgIpc) is 3.13. The molecule has 6 nitrogen and oxygen atoms in total. The zero-order valence-electron chi connectivity index (χ0n) is 16.9. The molecule has 31 heavy (non-hydrogen) atoms. The molecule has 0 saturated carbocycles. The summed E-state index contributed by atoms with van der Waals surface area (Å²) in [7, 11) is 0. The molecule has 4 aromatic rings. The van der Waals surface area contributed by atoms with Gasteiger partial charge in [0.2, 0.25) is 11.2 Å². The van der Waals surface area contributed by atoms with Gasteiger partial charge in [0.15, 0.2) is 5.43 Å². The zero-order chi connectivity index (χ0) is 21.4. The first-order chi connectivity index (χ1) is 15.2. The number of hydrogen-bond donors (Lipinski definition) is 0. The van der Waals surface area contributed by atoms with E-state index in [-0.39, 0.29) is 39.4 Å². The third-order valence-corrected chi connectivity index (χ3v) is 5.21. The van der Waals surface area contributed by atoms with Gasteiger partial charge < -0.3 is 13.6 Å².